The molecule has 0 radical (unpaired) electrons. The summed E-state index contributed by atoms with van der Waals surface area (Å²) in [5, 5.41) is 15.5. The van der Waals surface area contributed by atoms with Gasteiger partial charge >= 0.3 is 6.03 Å². The van der Waals surface area contributed by atoms with Crippen LogP contribution in [0.5, 0.6) is 0 Å². The number of nitrogens with zero attached hydrogens (tertiary/aromatic N) is 3. The van der Waals surface area contributed by atoms with E-state index in [1.165, 1.54) is 25.7 Å². The Kier molecular flexibility index (Phi) is 6.98. The van der Waals surface area contributed by atoms with Crippen LogP contribution in [0.25, 0.3) is 0 Å². The third kappa shape index (κ3) is 5.10. The Morgan fingerprint density at radius 3 is 2.80 bits per heavy atom. The third-order valence-corrected chi connectivity index (χ3v) is 5.63. The number of ether oxygens (including phenoxy) is 1. The molecule has 1 aliphatic carbocycles. The number of urea groups is 1. The summed E-state index contributed by atoms with van der Waals surface area (Å²) in [4.78, 5) is 11.8. The number of carbonyl (C=O) groups excluding carboxylic acids is 1. The van der Waals surface area contributed by atoms with E-state index in [2.05, 4.69) is 31.7 Å². The zero-order chi connectivity index (χ0) is 17.5. The van der Waals surface area contributed by atoms with Gasteiger partial charge in [0.2, 0.25) is 0 Å². The number of thioether (sulfide) groups is 1. The molecule has 1 unspecified atom stereocenters. The molecule has 1 atom stereocenters. The molecule has 3 rings (SSSR count). The largest absolute Gasteiger partial charge is 0.376 e. The SMILES string of the molecule is CSc1nnc(CCCNC(=O)NCC2CCCO2)n1C1CCCC1. The van der Waals surface area contributed by atoms with Crippen molar-refractivity contribution in [1.29, 1.82) is 0 Å². The minimum atomic E-state index is -0.113. The van der Waals surface area contributed by atoms with Crippen molar-refractivity contribution in [1.82, 2.24) is 25.4 Å². The summed E-state index contributed by atoms with van der Waals surface area (Å²) >= 11 is 1.66. The van der Waals surface area contributed by atoms with E-state index in [-0.39, 0.29) is 12.1 Å². The fourth-order valence-corrected chi connectivity index (χ4v) is 4.24. The predicted molar refractivity (Wildman–Crippen MR) is 98.0 cm³/mol. The Bertz CT molecular complexity index is 553. The molecule has 8 heteroatoms. The van der Waals surface area contributed by atoms with E-state index in [1.807, 2.05) is 0 Å². The Morgan fingerprint density at radius 2 is 2.08 bits per heavy atom. The standard InChI is InChI=1S/C17H29N5O2S/c1-25-17-21-20-15(22(17)13-6-2-3-7-13)9-4-10-18-16(23)19-12-14-8-5-11-24-14/h13-14H,2-12H2,1H3,(H2,18,19,23). The second kappa shape index (κ2) is 9.43. The molecule has 0 aromatic carbocycles. The van der Waals surface area contributed by atoms with Gasteiger partial charge in [0.25, 0.3) is 0 Å². The minimum Gasteiger partial charge on any atom is -0.376 e. The molecule has 7 nitrogen and oxygen atoms in total. The van der Waals surface area contributed by atoms with Gasteiger partial charge in [-0.2, -0.15) is 0 Å². The number of rotatable bonds is 8. The van der Waals surface area contributed by atoms with Crippen LogP contribution < -0.4 is 10.6 Å². The second-order valence-electron chi connectivity index (χ2n) is 6.79. The quantitative estimate of drug-likeness (QED) is 0.545. The molecule has 140 valence electrons. The first-order valence-electron chi connectivity index (χ1n) is 9.39. The van der Waals surface area contributed by atoms with Gasteiger partial charge in [0.15, 0.2) is 5.16 Å². The number of nitrogens with one attached hydrogen (secondary N) is 2. The van der Waals surface area contributed by atoms with Crippen LogP contribution in [0.3, 0.4) is 0 Å². The molecule has 1 saturated heterocycles. The van der Waals surface area contributed by atoms with Crippen LogP contribution in [0.4, 0.5) is 4.79 Å². The fourth-order valence-electron chi connectivity index (χ4n) is 3.67. The summed E-state index contributed by atoms with van der Waals surface area (Å²) in [7, 11) is 0. The van der Waals surface area contributed by atoms with Crippen LogP contribution in [0.2, 0.25) is 0 Å². The van der Waals surface area contributed by atoms with E-state index in [1.54, 1.807) is 11.8 Å². The van der Waals surface area contributed by atoms with Gasteiger partial charge in [-0.1, -0.05) is 24.6 Å². The lowest BCUT2D eigenvalue weighted by atomic mass is 10.2. The predicted octanol–water partition coefficient (Wildman–Crippen LogP) is 2.53. The Hall–Kier alpha value is -1.28. The maximum absolute atomic E-state index is 11.8. The van der Waals surface area contributed by atoms with Gasteiger partial charge < -0.3 is 19.9 Å². The molecular formula is C17H29N5O2S. The van der Waals surface area contributed by atoms with Crippen molar-refractivity contribution in [3.05, 3.63) is 5.82 Å². The van der Waals surface area contributed by atoms with Crippen LogP contribution in [0, 0.1) is 0 Å². The molecule has 2 aliphatic rings. The molecule has 0 spiro atoms. The van der Waals surface area contributed by atoms with Crippen molar-refractivity contribution >= 4 is 17.8 Å². The van der Waals surface area contributed by atoms with Gasteiger partial charge in [0.05, 0.1) is 6.10 Å². The number of carbonyl (C=O) groups is 1. The zero-order valence-electron chi connectivity index (χ0n) is 15.0. The molecule has 1 aromatic heterocycles. The van der Waals surface area contributed by atoms with Crippen molar-refractivity contribution in [2.75, 3.05) is 26.0 Å². The average molecular weight is 368 g/mol. The molecule has 1 aromatic rings. The van der Waals surface area contributed by atoms with Gasteiger partial charge in [-0.05, 0) is 38.4 Å². The van der Waals surface area contributed by atoms with E-state index < -0.39 is 0 Å². The molecule has 2 fully saturated rings. The summed E-state index contributed by atoms with van der Waals surface area (Å²) in [6, 6.07) is 0.438. The van der Waals surface area contributed by atoms with E-state index in [4.69, 9.17) is 4.74 Å². The highest BCUT2D eigenvalue weighted by Crippen LogP contribution is 2.33. The smallest absolute Gasteiger partial charge is 0.314 e. The zero-order valence-corrected chi connectivity index (χ0v) is 15.8. The van der Waals surface area contributed by atoms with Crippen molar-refractivity contribution < 1.29 is 9.53 Å². The summed E-state index contributed by atoms with van der Waals surface area (Å²) in [5.74, 6) is 1.05. The molecule has 1 aliphatic heterocycles. The number of hydrogen-bond acceptors (Lipinski definition) is 5. The van der Waals surface area contributed by atoms with Crippen LogP contribution >= 0.6 is 11.8 Å². The Morgan fingerprint density at radius 1 is 1.24 bits per heavy atom. The van der Waals surface area contributed by atoms with Gasteiger partial charge in [-0.25, -0.2) is 4.79 Å². The van der Waals surface area contributed by atoms with Crippen molar-refractivity contribution in [2.24, 2.45) is 0 Å². The number of aromatic nitrogens is 3. The molecule has 1 saturated carbocycles. The molecule has 25 heavy (non-hydrogen) atoms. The highest BCUT2D eigenvalue weighted by Gasteiger charge is 2.23. The third-order valence-electron chi connectivity index (χ3n) is 4.98. The Balaban J connectivity index is 1.39. The van der Waals surface area contributed by atoms with Gasteiger partial charge in [-0.15, -0.1) is 10.2 Å². The van der Waals surface area contributed by atoms with Gasteiger partial charge in [-0.3, -0.25) is 0 Å². The summed E-state index contributed by atoms with van der Waals surface area (Å²) in [6.45, 7) is 2.05. The van der Waals surface area contributed by atoms with Crippen molar-refractivity contribution in [3.8, 4) is 0 Å². The highest BCUT2D eigenvalue weighted by molar-refractivity contribution is 7.98. The first kappa shape index (κ1) is 18.5. The first-order valence-corrected chi connectivity index (χ1v) is 10.6. The summed E-state index contributed by atoms with van der Waals surface area (Å²) < 4.78 is 7.83. The summed E-state index contributed by atoms with van der Waals surface area (Å²) in [5.41, 5.74) is 0. The van der Waals surface area contributed by atoms with Crippen molar-refractivity contribution in [3.63, 3.8) is 0 Å². The molecular weight excluding hydrogens is 338 g/mol. The normalized spacial score (nSPS) is 20.9. The average Bonchev–Trinajstić information content (AvgIpc) is 3.38. The molecule has 2 N–H and O–H groups in total. The lowest BCUT2D eigenvalue weighted by Gasteiger charge is -2.16. The monoisotopic (exact) mass is 367 g/mol. The Labute approximate surface area is 153 Å². The topological polar surface area (TPSA) is 81.1 Å². The van der Waals surface area contributed by atoms with Crippen LogP contribution in [0.15, 0.2) is 5.16 Å². The van der Waals surface area contributed by atoms with E-state index in [0.717, 1.165) is 43.3 Å². The van der Waals surface area contributed by atoms with Crippen LogP contribution in [-0.2, 0) is 11.2 Å². The lowest BCUT2D eigenvalue weighted by Crippen LogP contribution is -2.40. The summed E-state index contributed by atoms with van der Waals surface area (Å²) in [6.07, 6.45) is 11.1. The second-order valence-corrected chi connectivity index (χ2v) is 7.56. The van der Waals surface area contributed by atoms with Crippen LogP contribution in [0.1, 0.15) is 56.8 Å². The van der Waals surface area contributed by atoms with Crippen molar-refractivity contribution in [2.45, 2.75) is 68.7 Å². The highest BCUT2D eigenvalue weighted by atomic mass is 32.2. The number of aryl methyl sites for hydroxylation is 1. The maximum Gasteiger partial charge on any atom is 0.314 e. The van der Waals surface area contributed by atoms with Crippen LogP contribution in [-0.4, -0.2) is 52.9 Å². The fraction of sp³-hybridized carbons (Fsp3) is 0.824. The maximum atomic E-state index is 11.8. The first-order chi connectivity index (χ1) is 12.3. The molecule has 2 heterocycles. The van der Waals surface area contributed by atoms with Gasteiger partial charge in [0, 0.05) is 32.2 Å². The van der Waals surface area contributed by atoms with E-state index >= 15 is 0 Å². The number of amides is 2. The minimum absolute atomic E-state index is 0.113. The van der Waals surface area contributed by atoms with E-state index in [0.29, 0.717) is 19.1 Å². The lowest BCUT2D eigenvalue weighted by molar-refractivity contribution is 0.111. The van der Waals surface area contributed by atoms with Gasteiger partial charge in [0.1, 0.15) is 5.82 Å². The number of hydrogen-bond donors (Lipinski definition) is 2. The van der Waals surface area contributed by atoms with E-state index in [9.17, 15) is 4.79 Å². The molecule has 2 amide bonds. The molecule has 0 bridgehead atoms.